The summed E-state index contributed by atoms with van der Waals surface area (Å²) >= 11 is 0. The highest BCUT2D eigenvalue weighted by molar-refractivity contribution is 5.32. The van der Waals surface area contributed by atoms with Crippen LogP contribution in [0.1, 0.15) is 30.9 Å². The van der Waals surface area contributed by atoms with Crippen molar-refractivity contribution in [3.8, 4) is 0 Å². The summed E-state index contributed by atoms with van der Waals surface area (Å²) in [6, 6.07) is 8.86. The summed E-state index contributed by atoms with van der Waals surface area (Å²) in [6.07, 6.45) is 2.48. The number of aliphatic hydroxyl groups excluding tert-OH is 1. The molecule has 1 aliphatic rings. The summed E-state index contributed by atoms with van der Waals surface area (Å²) in [5.41, 5.74) is 2.16. The molecule has 1 atom stereocenters. The van der Waals surface area contributed by atoms with Gasteiger partial charge in [-0.25, -0.2) is 0 Å². The van der Waals surface area contributed by atoms with Crippen molar-refractivity contribution in [2.75, 3.05) is 6.61 Å². The summed E-state index contributed by atoms with van der Waals surface area (Å²) in [5.74, 6) is 0. The van der Waals surface area contributed by atoms with E-state index in [1.807, 2.05) is 12.1 Å². The third kappa shape index (κ3) is 2.21. The second-order valence-electron chi connectivity index (χ2n) is 4.72. The second kappa shape index (κ2) is 3.95. The Morgan fingerprint density at radius 3 is 2.60 bits per heavy atom. The molecular formula is C13H19NO. The lowest BCUT2D eigenvalue weighted by atomic mass is 9.89. The van der Waals surface area contributed by atoms with Crippen LogP contribution in [0.4, 0.5) is 0 Å². The zero-order valence-electron chi connectivity index (χ0n) is 9.46. The maximum absolute atomic E-state index is 9.58. The number of rotatable bonds is 4. The third-order valence-corrected chi connectivity index (χ3v) is 3.16. The van der Waals surface area contributed by atoms with E-state index in [0.717, 1.165) is 0 Å². The maximum Gasteiger partial charge on any atom is 0.0652 e. The van der Waals surface area contributed by atoms with E-state index in [4.69, 9.17) is 0 Å². The molecule has 2 rings (SSSR count). The molecule has 1 fully saturated rings. The Hall–Kier alpha value is -0.860. The highest BCUT2D eigenvalue weighted by Crippen LogP contribution is 2.29. The number of benzene rings is 1. The van der Waals surface area contributed by atoms with Crippen molar-refractivity contribution in [3.05, 3.63) is 35.4 Å². The molecule has 2 nitrogen and oxygen atoms in total. The molecular weight excluding hydrogens is 186 g/mol. The molecule has 1 unspecified atom stereocenters. The van der Waals surface area contributed by atoms with Crippen LogP contribution in [0.3, 0.4) is 0 Å². The predicted octanol–water partition coefficient (Wildman–Crippen LogP) is 1.95. The Kier molecular flexibility index (Phi) is 2.81. The summed E-state index contributed by atoms with van der Waals surface area (Å²) < 4.78 is 0. The topological polar surface area (TPSA) is 32.3 Å². The fraction of sp³-hybridized carbons (Fsp3) is 0.538. The Balaban J connectivity index is 2.27. The van der Waals surface area contributed by atoms with Gasteiger partial charge in [-0.05, 0) is 37.8 Å². The molecule has 1 aliphatic carbocycles. The minimum absolute atomic E-state index is 0.147. The van der Waals surface area contributed by atoms with Crippen molar-refractivity contribution in [3.63, 3.8) is 0 Å². The molecule has 0 bridgehead atoms. The van der Waals surface area contributed by atoms with Gasteiger partial charge in [0.05, 0.1) is 12.1 Å². The first kappa shape index (κ1) is 10.7. The number of aryl methyl sites for hydroxylation is 1. The van der Waals surface area contributed by atoms with E-state index in [-0.39, 0.29) is 12.1 Å². The molecule has 0 radical (unpaired) electrons. The van der Waals surface area contributed by atoms with Gasteiger partial charge in [-0.2, -0.15) is 0 Å². The summed E-state index contributed by atoms with van der Waals surface area (Å²) in [4.78, 5) is 0. The maximum atomic E-state index is 9.58. The Morgan fingerprint density at radius 2 is 2.07 bits per heavy atom. The molecule has 0 saturated heterocycles. The average Bonchev–Trinajstić information content (AvgIpc) is 3.02. The normalized spacial score (nSPS) is 19.9. The molecule has 0 spiro atoms. The Morgan fingerprint density at radius 1 is 1.40 bits per heavy atom. The third-order valence-electron chi connectivity index (χ3n) is 3.16. The van der Waals surface area contributed by atoms with Crippen LogP contribution < -0.4 is 5.32 Å². The Labute approximate surface area is 91.3 Å². The summed E-state index contributed by atoms with van der Waals surface area (Å²) in [5, 5.41) is 13.1. The van der Waals surface area contributed by atoms with Gasteiger partial charge >= 0.3 is 0 Å². The highest BCUT2D eigenvalue weighted by Gasteiger charge is 2.33. The van der Waals surface area contributed by atoms with Crippen LogP contribution in [0, 0.1) is 6.92 Å². The van der Waals surface area contributed by atoms with Crippen molar-refractivity contribution in [2.45, 2.75) is 38.3 Å². The molecule has 82 valence electrons. The largest absolute Gasteiger partial charge is 0.394 e. The lowest BCUT2D eigenvalue weighted by molar-refractivity contribution is 0.172. The van der Waals surface area contributed by atoms with Gasteiger partial charge in [-0.1, -0.05) is 24.3 Å². The van der Waals surface area contributed by atoms with Crippen LogP contribution in [-0.2, 0) is 5.54 Å². The fourth-order valence-electron chi connectivity index (χ4n) is 2.08. The van der Waals surface area contributed by atoms with E-state index >= 15 is 0 Å². The fourth-order valence-corrected chi connectivity index (χ4v) is 2.08. The van der Waals surface area contributed by atoms with E-state index in [1.54, 1.807) is 0 Å². The van der Waals surface area contributed by atoms with Gasteiger partial charge in [-0.3, -0.25) is 0 Å². The summed E-state index contributed by atoms with van der Waals surface area (Å²) in [6.45, 7) is 4.32. The zero-order valence-corrected chi connectivity index (χ0v) is 9.46. The smallest absolute Gasteiger partial charge is 0.0652 e. The van der Waals surface area contributed by atoms with Crippen LogP contribution in [-0.4, -0.2) is 17.8 Å². The van der Waals surface area contributed by atoms with Crippen LogP contribution in [0.15, 0.2) is 24.3 Å². The van der Waals surface area contributed by atoms with Crippen LogP contribution in [0.25, 0.3) is 0 Å². The predicted molar refractivity (Wildman–Crippen MR) is 61.8 cm³/mol. The average molecular weight is 205 g/mol. The first-order chi connectivity index (χ1) is 7.15. The lowest BCUT2D eigenvalue weighted by Crippen LogP contribution is -2.44. The molecule has 0 aromatic heterocycles. The lowest BCUT2D eigenvalue weighted by Gasteiger charge is -2.31. The first-order valence-electron chi connectivity index (χ1n) is 5.60. The highest BCUT2D eigenvalue weighted by atomic mass is 16.3. The van der Waals surface area contributed by atoms with Crippen LogP contribution in [0.2, 0.25) is 0 Å². The van der Waals surface area contributed by atoms with Gasteiger partial charge in [0, 0.05) is 6.04 Å². The molecule has 0 heterocycles. The van der Waals surface area contributed by atoms with Gasteiger partial charge in [-0.15, -0.1) is 0 Å². The van der Waals surface area contributed by atoms with Gasteiger partial charge < -0.3 is 10.4 Å². The number of hydrogen-bond donors (Lipinski definition) is 2. The van der Waals surface area contributed by atoms with Gasteiger partial charge in [0.2, 0.25) is 0 Å². The van der Waals surface area contributed by atoms with Crippen molar-refractivity contribution < 1.29 is 5.11 Å². The van der Waals surface area contributed by atoms with Crippen LogP contribution in [0.5, 0.6) is 0 Å². The molecule has 2 N–H and O–H groups in total. The van der Waals surface area contributed by atoms with Crippen molar-refractivity contribution >= 4 is 0 Å². The SMILES string of the molecule is Cc1ccccc1C(C)(CO)NC1CC1. The van der Waals surface area contributed by atoms with Crippen molar-refractivity contribution in [1.29, 1.82) is 0 Å². The molecule has 1 saturated carbocycles. The van der Waals surface area contributed by atoms with Gasteiger partial charge in [0.15, 0.2) is 0 Å². The molecule has 1 aromatic rings. The zero-order chi connectivity index (χ0) is 10.9. The van der Waals surface area contributed by atoms with Gasteiger partial charge in [0.25, 0.3) is 0 Å². The minimum Gasteiger partial charge on any atom is -0.394 e. The second-order valence-corrected chi connectivity index (χ2v) is 4.72. The van der Waals surface area contributed by atoms with E-state index in [9.17, 15) is 5.11 Å². The van der Waals surface area contributed by atoms with E-state index in [2.05, 4.69) is 31.3 Å². The van der Waals surface area contributed by atoms with Crippen molar-refractivity contribution in [1.82, 2.24) is 5.32 Å². The Bertz CT molecular complexity index is 346. The molecule has 2 heteroatoms. The number of aliphatic hydroxyl groups is 1. The van der Waals surface area contributed by atoms with Gasteiger partial charge in [0.1, 0.15) is 0 Å². The number of hydrogen-bond acceptors (Lipinski definition) is 2. The standard InChI is InChI=1S/C13H19NO/c1-10-5-3-4-6-12(10)13(2,9-15)14-11-7-8-11/h3-6,11,14-15H,7-9H2,1-2H3. The van der Waals surface area contributed by atoms with Crippen LogP contribution >= 0.6 is 0 Å². The minimum atomic E-state index is -0.285. The quantitative estimate of drug-likeness (QED) is 0.787. The molecule has 1 aromatic carbocycles. The molecule has 15 heavy (non-hydrogen) atoms. The molecule has 0 amide bonds. The summed E-state index contributed by atoms with van der Waals surface area (Å²) in [7, 11) is 0. The van der Waals surface area contributed by atoms with E-state index in [1.165, 1.54) is 24.0 Å². The first-order valence-corrected chi connectivity index (χ1v) is 5.60. The van der Waals surface area contributed by atoms with Crippen molar-refractivity contribution in [2.24, 2.45) is 0 Å². The molecule has 0 aliphatic heterocycles. The van der Waals surface area contributed by atoms with E-state index < -0.39 is 0 Å². The number of nitrogens with one attached hydrogen (secondary N) is 1. The van der Waals surface area contributed by atoms with E-state index in [0.29, 0.717) is 6.04 Å². The monoisotopic (exact) mass is 205 g/mol.